The molecular formula is C20H34FN5. The van der Waals surface area contributed by atoms with Crippen molar-refractivity contribution in [3.05, 3.63) is 35.6 Å². The second-order valence-electron chi connectivity index (χ2n) is 7.00. The fraction of sp³-hybridized carbons (Fsp3) is 0.650. The molecule has 1 aromatic rings. The third-order valence-corrected chi connectivity index (χ3v) is 5.01. The Morgan fingerprint density at radius 2 is 1.85 bits per heavy atom. The van der Waals surface area contributed by atoms with Crippen LogP contribution in [0.3, 0.4) is 0 Å². The van der Waals surface area contributed by atoms with Gasteiger partial charge in [0.25, 0.3) is 0 Å². The molecule has 0 saturated carbocycles. The Morgan fingerprint density at radius 1 is 1.19 bits per heavy atom. The lowest BCUT2D eigenvalue weighted by molar-refractivity contribution is 0.109. The van der Waals surface area contributed by atoms with E-state index in [1.807, 2.05) is 19.2 Å². The van der Waals surface area contributed by atoms with Gasteiger partial charge < -0.3 is 15.1 Å². The molecule has 1 aromatic carbocycles. The van der Waals surface area contributed by atoms with Crippen LogP contribution in [0.5, 0.6) is 0 Å². The summed E-state index contributed by atoms with van der Waals surface area (Å²) in [5.41, 5.74) is 1.07. The van der Waals surface area contributed by atoms with E-state index in [1.54, 1.807) is 0 Å². The standard InChI is InChI=1S/C20H34FN5/c1-5-22-20(24(4)16-18-7-9-19(21)10-8-18)23-15-17(3)26-13-11-25(6-2)12-14-26/h7-10,17H,5-6,11-16H2,1-4H3,(H,22,23). The quantitative estimate of drug-likeness (QED) is 0.595. The van der Waals surface area contributed by atoms with Gasteiger partial charge in [-0.3, -0.25) is 9.89 Å². The molecule has 0 radical (unpaired) electrons. The van der Waals surface area contributed by atoms with Gasteiger partial charge in [0.1, 0.15) is 5.82 Å². The van der Waals surface area contributed by atoms with Crippen LogP contribution in [0.15, 0.2) is 29.3 Å². The van der Waals surface area contributed by atoms with E-state index >= 15 is 0 Å². The maximum atomic E-state index is 13.1. The zero-order chi connectivity index (χ0) is 18.9. The van der Waals surface area contributed by atoms with Crippen molar-refractivity contribution in [2.45, 2.75) is 33.4 Å². The molecule has 1 aliphatic rings. The highest BCUT2D eigenvalue weighted by Gasteiger charge is 2.20. The fourth-order valence-corrected chi connectivity index (χ4v) is 3.26. The molecule has 1 N–H and O–H groups in total. The molecule has 1 saturated heterocycles. The first-order valence-corrected chi connectivity index (χ1v) is 9.73. The average molecular weight is 364 g/mol. The van der Waals surface area contributed by atoms with E-state index in [4.69, 9.17) is 4.99 Å². The van der Waals surface area contributed by atoms with Crippen molar-refractivity contribution >= 4 is 5.96 Å². The topological polar surface area (TPSA) is 34.1 Å². The summed E-state index contributed by atoms with van der Waals surface area (Å²) >= 11 is 0. The number of piperazine rings is 1. The molecule has 6 heteroatoms. The number of likely N-dealkylation sites (N-methyl/N-ethyl adjacent to an activating group) is 1. The van der Waals surface area contributed by atoms with Crippen LogP contribution in [0, 0.1) is 5.82 Å². The van der Waals surface area contributed by atoms with Crippen molar-refractivity contribution in [1.29, 1.82) is 0 Å². The summed E-state index contributed by atoms with van der Waals surface area (Å²) in [5.74, 6) is 0.699. The van der Waals surface area contributed by atoms with Gasteiger partial charge in [0.15, 0.2) is 5.96 Å². The molecule has 1 fully saturated rings. The van der Waals surface area contributed by atoms with Gasteiger partial charge >= 0.3 is 0 Å². The van der Waals surface area contributed by atoms with E-state index in [1.165, 1.54) is 12.1 Å². The summed E-state index contributed by atoms with van der Waals surface area (Å²) in [6.45, 7) is 14.5. The lowest BCUT2D eigenvalue weighted by atomic mass is 10.2. The van der Waals surface area contributed by atoms with Gasteiger partial charge in [-0.15, -0.1) is 0 Å². The number of aliphatic imine (C=N–C) groups is 1. The van der Waals surface area contributed by atoms with E-state index in [9.17, 15) is 4.39 Å². The highest BCUT2D eigenvalue weighted by Crippen LogP contribution is 2.08. The number of hydrogen-bond donors (Lipinski definition) is 1. The molecule has 2 rings (SSSR count). The van der Waals surface area contributed by atoms with Crippen LogP contribution < -0.4 is 5.32 Å². The summed E-state index contributed by atoms with van der Waals surface area (Å²) in [4.78, 5) is 12.0. The summed E-state index contributed by atoms with van der Waals surface area (Å²) in [6, 6.07) is 7.09. The van der Waals surface area contributed by atoms with Crippen LogP contribution >= 0.6 is 0 Å². The number of benzene rings is 1. The molecule has 26 heavy (non-hydrogen) atoms. The Bertz CT molecular complexity index is 552. The molecule has 1 unspecified atom stereocenters. The fourth-order valence-electron chi connectivity index (χ4n) is 3.26. The molecule has 0 amide bonds. The van der Waals surface area contributed by atoms with Crippen molar-refractivity contribution in [3.8, 4) is 0 Å². The SMILES string of the molecule is CCNC(=NCC(C)N1CCN(CC)CC1)N(C)Cc1ccc(F)cc1. The van der Waals surface area contributed by atoms with E-state index in [2.05, 4.69) is 40.8 Å². The highest BCUT2D eigenvalue weighted by atomic mass is 19.1. The number of rotatable bonds is 7. The third-order valence-electron chi connectivity index (χ3n) is 5.01. The van der Waals surface area contributed by atoms with Crippen molar-refractivity contribution in [1.82, 2.24) is 20.0 Å². The van der Waals surface area contributed by atoms with Gasteiger partial charge in [-0.1, -0.05) is 19.1 Å². The summed E-state index contributed by atoms with van der Waals surface area (Å²) in [5, 5.41) is 3.36. The molecule has 0 spiro atoms. The summed E-state index contributed by atoms with van der Waals surface area (Å²) < 4.78 is 13.1. The smallest absolute Gasteiger partial charge is 0.194 e. The minimum Gasteiger partial charge on any atom is -0.357 e. The van der Waals surface area contributed by atoms with Gasteiger partial charge in [-0.2, -0.15) is 0 Å². The van der Waals surface area contributed by atoms with Gasteiger partial charge in [0.2, 0.25) is 0 Å². The highest BCUT2D eigenvalue weighted by molar-refractivity contribution is 5.79. The van der Waals surface area contributed by atoms with E-state index < -0.39 is 0 Å². The molecule has 146 valence electrons. The van der Waals surface area contributed by atoms with E-state index in [0.29, 0.717) is 12.6 Å². The molecule has 1 atom stereocenters. The third kappa shape index (κ3) is 6.25. The monoisotopic (exact) mass is 363 g/mol. The summed E-state index contributed by atoms with van der Waals surface area (Å²) in [7, 11) is 2.02. The van der Waals surface area contributed by atoms with Gasteiger partial charge in [-0.05, 0) is 38.1 Å². The van der Waals surface area contributed by atoms with Crippen molar-refractivity contribution < 1.29 is 4.39 Å². The Kier molecular flexibility index (Phi) is 8.32. The molecule has 1 heterocycles. The minimum absolute atomic E-state index is 0.200. The average Bonchev–Trinajstić information content (AvgIpc) is 2.66. The zero-order valence-electron chi connectivity index (χ0n) is 16.7. The molecule has 0 aliphatic carbocycles. The van der Waals surface area contributed by atoms with Crippen LogP contribution in [0.4, 0.5) is 4.39 Å². The lowest BCUT2D eigenvalue weighted by Gasteiger charge is -2.37. The minimum atomic E-state index is -0.200. The molecule has 1 aliphatic heterocycles. The second kappa shape index (κ2) is 10.5. The first-order chi connectivity index (χ1) is 12.5. The van der Waals surface area contributed by atoms with Crippen molar-refractivity contribution in [2.75, 3.05) is 52.9 Å². The predicted molar refractivity (Wildman–Crippen MR) is 107 cm³/mol. The molecule has 0 bridgehead atoms. The number of nitrogens with one attached hydrogen (secondary N) is 1. The van der Waals surface area contributed by atoms with Crippen LogP contribution in [-0.2, 0) is 6.54 Å². The number of nitrogens with zero attached hydrogens (tertiary/aromatic N) is 4. The predicted octanol–water partition coefficient (Wildman–Crippen LogP) is 2.25. The largest absolute Gasteiger partial charge is 0.357 e. The molecule has 5 nitrogen and oxygen atoms in total. The number of guanidine groups is 1. The maximum absolute atomic E-state index is 13.1. The second-order valence-corrected chi connectivity index (χ2v) is 7.00. The lowest BCUT2D eigenvalue weighted by Crippen LogP contribution is -2.50. The Hall–Kier alpha value is -1.66. The normalized spacial score (nSPS) is 18.0. The summed E-state index contributed by atoms with van der Waals surface area (Å²) in [6.07, 6.45) is 0. The number of hydrogen-bond acceptors (Lipinski definition) is 3. The Morgan fingerprint density at radius 3 is 2.42 bits per heavy atom. The first-order valence-electron chi connectivity index (χ1n) is 9.73. The van der Waals surface area contributed by atoms with Gasteiger partial charge in [-0.25, -0.2) is 4.39 Å². The van der Waals surface area contributed by atoms with Crippen molar-refractivity contribution in [3.63, 3.8) is 0 Å². The van der Waals surface area contributed by atoms with Crippen molar-refractivity contribution in [2.24, 2.45) is 4.99 Å². The van der Waals surface area contributed by atoms with Gasteiger partial charge in [0.05, 0.1) is 6.54 Å². The van der Waals surface area contributed by atoms with Gasteiger partial charge in [0, 0.05) is 52.4 Å². The van der Waals surface area contributed by atoms with Crippen LogP contribution in [0.1, 0.15) is 26.3 Å². The molecule has 0 aromatic heterocycles. The molecular weight excluding hydrogens is 329 g/mol. The zero-order valence-corrected chi connectivity index (χ0v) is 16.7. The van der Waals surface area contributed by atoms with Crippen LogP contribution in [0.25, 0.3) is 0 Å². The van der Waals surface area contributed by atoms with Crippen LogP contribution in [0.2, 0.25) is 0 Å². The first kappa shape index (κ1) is 20.6. The van der Waals surface area contributed by atoms with E-state index in [-0.39, 0.29) is 5.82 Å². The maximum Gasteiger partial charge on any atom is 0.194 e. The van der Waals surface area contributed by atoms with Crippen LogP contribution in [-0.4, -0.2) is 79.6 Å². The Labute approximate surface area is 157 Å². The van der Waals surface area contributed by atoms with E-state index in [0.717, 1.165) is 57.3 Å². The Balaban J connectivity index is 1.91. The number of halogens is 1.